The van der Waals surface area contributed by atoms with E-state index in [1.54, 1.807) is 30.3 Å². The van der Waals surface area contributed by atoms with Crippen molar-refractivity contribution in [1.29, 1.82) is 5.26 Å². The minimum Gasteiger partial charge on any atom is -0.455 e. The van der Waals surface area contributed by atoms with Crippen LogP contribution in [0.4, 0.5) is 5.69 Å². The van der Waals surface area contributed by atoms with Crippen molar-refractivity contribution in [2.45, 2.75) is 0 Å². The van der Waals surface area contributed by atoms with Gasteiger partial charge in [0.2, 0.25) is 5.91 Å². The van der Waals surface area contributed by atoms with Gasteiger partial charge in [0.25, 0.3) is 0 Å². The fraction of sp³-hybridized carbons (Fsp3) is 0. The topological polar surface area (TPSA) is 102 Å². The third-order valence-corrected chi connectivity index (χ3v) is 2.49. The van der Waals surface area contributed by atoms with Gasteiger partial charge >= 0.3 is 0 Å². The summed E-state index contributed by atoms with van der Waals surface area (Å²) in [4.78, 5) is 11.1. The molecule has 0 heterocycles. The number of carbonyl (C=O) groups is 1. The van der Waals surface area contributed by atoms with Gasteiger partial charge in [0, 0.05) is 5.56 Å². The van der Waals surface area contributed by atoms with Crippen molar-refractivity contribution in [3.8, 4) is 17.6 Å². The molecule has 0 bridgehead atoms. The molecule has 0 unspecified atom stereocenters. The van der Waals surface area contributed by atoms with E-state index in [1.165, 1.54) is 12.1 Å². The fourth-order valence-electron chi connectivity index (χ4n) is 1.55. The van der Waals surface area contributed by atoms with Crippen LogP contribution in [-0.2, 0) is 0 Å². The Morgan fingerprint density at radius 2 is 2.00 bits per heavy atom. The van der Waals surface area contributed by atoms with Crippen LogP contribution in [0.2, 0.25) is 0 Å². The van der Waals surface area contributed by atoms with Gasteiger partial charge in [-0.1, -0.05) is 6.07 Å². The SMILES string of the molecule is N#Cc1ccc(Oc2cccc(C(N)=O)c2)c(N)c1. The smallest absolute Gasteiger partial charge is 0.248 e. The number of carbonyl (C=O) groups excluding carboxylic acids is 1. The molecule has 0 spiro atoms. The van der Waals surface area contributed by atoms with Gasteiger partial charge < -0.3 is 16.2 Å². The van der Waals surface area contributed by atoms with Crippen LogP contribution in [-0.4, -0.2) is 5.91 Å². The minimum atomic E-state index is -0.529. The molecule has 0 saturated heterocycles. The van der Waals surface area contributed by atoms with Crippen LogP contribution in [0, 0.1) is 11.3 Å². The van der Waals surface area contributed by atoms with Crippen LogP contribution in [0.5, 0.6) is 11.5 Å². The molecule has 2 aromatic rings. The van der Waals surface area contributed by atoms with Gasteiger partial charge in [0.15, 0.2) is 0 Å². The number of benzene rings is 2. The highest BCUT2D eigenvalue weighted by atomic mass is 16.5. The highest BCUT2D eigenvalue weighted by Gasteiger charge is 2.06. The number of hydrogen-bond donors (Lipinski definition) is 2. The van der Waals surface area contributed by atoms with Crippen molar-refractivity contribution >= 4 is 11.6 Å². The van der Waals surface area contributed by atoms with Gasteiger partial charge in [-0.2, -0.15) is 5.26 Å². The molecule has 0 aliphatic heterocycles. The van der Waals surface area contributed by atoms with Crippen LogP contribution in [0.1, 0.15) is 15.9 Å². The highest BCUT2D eigenvalue weighted by Crippen LogP contribution is 2.28. The van der Waals surface area contributed by atoms with Gasteiger partial charge in [-0.15, -0.1) is 0 Å². The molecule has 0 aliphatic carbocycles. The lowest BCUT2D eigenvalue weighted by atomic mass is 10.2. The molecular weight excluding hydrogens is 242 g/mol. The maximum Gasteiger partial charge on any atom is 0.248 e. The van der Waals surface area contributed by atoms with Gasteiger partial charge in [0.05, 0.1) is 17.3 Å². The maximum absolute atomic E-state index is 11.1. The largest absolute Gasteiger partial charge is 0.455 e. The average molecular weight is 253 g/mol. The van der Waals surface area contributed by atoms with Gasteiger partial charge in [-0.3, -0.25) is 4.79 Å². The summed E-state index contributed by atoms with van der Waals surface area (Å²) in [7, 11) is 0. The van der Waals surface area contributed by atoms with Crippen LogP contribution in [0.15, 0.2) is 42.5 Å². The number of rotatable bonds is 3. The van der Waals surface area contributed by atoms with Crippen LogP contribution in [0.3, 0.4) is 0 Å². The van der Waals surface area contributed by atoms with E-state index in [-0.39, 0.29) is 0 Å². The lowest BCUT2D eigenvalue weighted by Gasteiger charge is -2.09. The van der Waals surface area contributed by atoms with Crippen molar-refractivity contribution in [2.24, 2.45) is 5.73 Å². The van der Waals surface area contributed by atoms with Crippen LogP contribution in [0.25, 0.3) is 0 Å². The van der Waals surface area contributed by atoms with E-state index in [0.717, 1.165) is 0 Å². The van der Waals surface area contributed by atoms with E-state index in [0.29, 0.717) is 28.3 Å². The van der Waals surface area contributed by atoms with Gasteiger partial charge in [-0.25, -0.2) is 0 Å². The molecule has 0 fully saturated rings. The predicted molar refractivity (Wildman–Crippen MR) is 70.6 cm³/mol. The first-order valence-corrected chi connectivity index (χ1v) is 5.47. The zero-order chi connectivity index (χ0) is 13.8. The second kappa shape index (κ2) is 5.10. The number of nitriles is 1. The fourth-order valence-corrected chi connectivity index (χ4v) is 1.55. The molecule has 5 heteroatoms. The molecule has 5 nitrogen and oxygen atoms in total. The first kappa shape index (κ1) is 12.5. The van der Waals surface area contributed by atoms with E-state index in [4.69, 9.17) is 21.5 Å². The molecular formula is C14H11N3O2. The molecule has 1 amide bonds. The zero-order valence-corrected chi connectivity index (χ0v) is 9.96. The number of primary amides is 1. The van der Waals surface area contributed by atoms with Crippen molar-refractivity contribution in [1.82, 2.24) is 0 Å². The number of anilines is 1. The van der Waals surface area contributed by atoms with Crippen molar-refractivity contribution < 1.29 is 9.53 Å². The number of nitrogens with zero attached hydrogens (tertiary/aromatic N) is 1. The Kier molecular flexibility index (Phi) is 3.35. The minimum absolute atomic E-state index is 0.350. The van der Waals surface area contributed by atoms with Crippen molar-refractivity contribution in [3.05, 3.63) is 53.6 Å². The first-order valence-electron chi connectivity index (χ1n) is 5.47. The summed E-state index contributed by atoms with van der Waals surface area (Å²) in [6.45, 7) is 0. The maximum atomic E-state index is 11.1. The summed E-state index contributed by atoms with van der Waals surface area (Å²) >= 11 is 0. The molecule has 2 aromatic carbocycles. The first-order chi connectivity index (χ1) is 9.10. The Morgan fingerprint density at radius 3 is 2.63 bits per heavy atom. The summed E-state index contributed by atoms with van der Waals surface area (Å²) in [6, 6.07) is 13.2. The second-order valence-electron chi connectivity index (χ2n) is 3.86. The Balaban J connectivity index is 2.29. The summed E-state index contributed by atoms with van der Waals surface area (Å²) < 4.78 is 5.56. The molecule has 0 radical (unpaired) electrons. The Bertz CT molecular complexity index is 675. The number of amides is 1. The third-order valence-electron chi connectivity index (χ3n) is 2.49. The molecule has 2 rings (SSSR count). The van der Waals surface area contributed by atoms with E-state index in [2.05, 4.69) is 0 Å². The molecule has 0 atom stereocenters. The van der Waals surface area contributed by atoms with E-state index in [1.807, 2.05) is 6.07 Å². The number of hydrogen-bond acceptors (Lipinski definition) is 4. The lowest BCUT2D eigenvalue weighted by Crippen LogP contribution is -2.10. The monoisotopic (exact) mass is 253 g/mol. The van der Waals surface area contributed by atoms with Crippen LogP contribution < -0.4 is 16.2 Å². The second-order valence-corrected chi connectivity index (χ2v) is 3.86. The highest BCUT2D eigenvalue weighted by molar-refractivity contribution is 5.93. The van der Waals surface area contributed by atoms with Gasteiger partial charge in [0.1, 0.15) is 11.5 Å². The van der Waals surface area contributed by atoms with Crippen LogP contribution >= 0.6 is 0 Å². The van der Waals surface area contributed by atoms with Crippen molar-refractivity contribution in [2.75, 3.05) is 5.73 Å². The van der Waals surface area contributed by atoms with Crippen molar-refractivity contribution in [3.63, 3.8) is 0 Å². The normalized spacial score (nSPS) is 9.63. The molecule has 0 saturated carbocycles. The van der Waals surface area contributed by atoms with E-state index >= 15 is 0 Å². The predicted octanol–water partition coefficient (Wildman–Crippen LogP) is 2.03. The Labute approximate surface area is 110 Å². The lowest BCUT2D eigenvalue weighted by molar-refractivity contribution is 0.1000. The molecule has 0 aliphatic rings. The number of nitrogen functional groups attached to an aromatic ring is 1. The molecule has 19 heavy (non-hydrogen) atoms. The Hall–Kier alpha value is -3.00. The third kappa shape index (κ3) is 2.82. The molecule has 94 valence electrons. The zero-order valence-electron chi connectivity index (χ0n) is 9.96. The summed E-state index contributed by atoms with van der Waals surface area (Å²) in [6.07, 6.45) is 0. The summed E-state index contributed by atoms with van der Waals surface area (Å²) in [5, 5.41) is 8.74. The quantitative estimate of drug-likeness (QED) is 0.817. The number of ether oxygens (including phenoxy) is 1. The summed E-state index contributed by atoms with van der Waals surface area (Å²) in [5.74, 6) is 0.339. The molecule has 0 aromatic heterocycles. The average Bonchev–Trinajstić information content (AvgIpc) is 2.41. The van der Waals surface area contributed by atoms with E-state index in [9.17, 15) is 4.79 Å². The van der Waals surface area contributed by atoms with E-state index < -0.39 is 5.91 Å². The standard InChI is InChI=1S/C14H11N3O2/c15-8-9-4-5-13(12(16)6-9)19-11-3-1-2-10(7-11)14(17)18/h1-7H,16H2,(H2,17,18). The Morgan fingerprint density at radius 1 is 1.21 bits per heavy atom. The number of nitrogens with two attached hydrogens (primary N) is 2. The summed E-state index contributed by atoms with van der Waals surface area (Å²) in [5.41, 5.74) is 12.1. The van der Waals surface area contributed by atoms with Gasteiger partial charge in [-0.05, 0) is 36.4 Å². The molecule has 4 N–H and O–H groups in total.